The molecule has 1 rings (SSSR count). The summed E-state index contributed by atoms with van der Waals surface area (Å²) in [6.45, 7) is -1.42. The van der Waals surface area contributed by atoms with Crippen LogP contribution in [0.1, 0.15) is 5.56 Å². The Labute approximate surface area is 112 Å². The van der Waals surface area contributed by atoms with Gasteiger partial charge in [-0.05, 0) is 12.1 Å². The molecule has 0 aliphatic heterocycles. The fourth-order valence-corrected chi connectivity index (χ4v) is 1.34. The van der Waals surface area contributed by atoms with Crippen LogP contribution in [0, 0.1) is 0 Å². The molecule has 0 saturated carbocycles. The number of carbonyl (C=O) groups excluding carboxylic acids is 1. The van der Waals surface area contributed by atoms with Gasteiger partial charge in [0.2, 0.25) is 0 Å². The first-order valence-electron chi connectivity index (χ1n) is 5.41. The van der Waals surface area contributed by atoms with Crippen molar-refractivity contribution in [2.75, 3.05) is 18.5 Å². The number of halogens is 3. The molecule has 0 unspecified atom stereocenters. The normalized spacial score (nSPS) is 12.1. The van der Waals surface area contributed by atoms with Crippen molar-refractivity contribution >= 4 is 17.6 Å². The fraction of sp³-hybridized carbons (Fsp3) is 0.273. The molecule has 20 heavy (non-hydrogen) atoms. The van der Waals surface area contributed by atoms with Crippen LogP contribution in [0.15, 0.2) is 29.4 Å². The third-order valence-corrected chi connectivity index (χ3v) is 2.38. The van der Waals surface area contributed by atoms with Crippen LogP contribution in [0.4, 0.5) is 23.7 Å². The zero-order valence-electron chi connectivity index (χ0n) is 10.5. The topological polar surface area (TPSA) is 91.0 Å². The molecule has 0 aliphatic carbocycles. The molecular formula is C11H13F3N4O2. The fourth-order valence-electron chi connectivity index (χ4n) is 1.34. The summed E-state index contributed by atoms with van der Waals surface area (Å²) in [6, 6.07) is 5.04. The molecule has 2 amide bonds. The molecule has 0 aliphatic rings. The Morgan fingerprint density at radius 1 is 1.50 bits per heavy atom. The van der Waals surface area contributed by atoms with E-state index in [1.807, 2.05) is 0 Å². The molecule has 6 nitrogen and oxygen atoms in total. The molecular weight excluding hydrogens is 277 g/mol. The molecule has 0 spiro atoms. The number of hydrogen-bond donors (Lipinski definition) is 3. The van der Waals surface area contributed by atoms with Gasteiger partial charge in [-0.2, -0.15) is 13.2 Å². The average molecular weight is 290 g/mol. The average Bonchev–Trinajstić information content (AvgIpc) is 2.42. The van der Waals surface area contributed by atoms with Crippen molar-refractivity contribution in [3.8, 4) is 0 Å². The zero-order chi connectivity index (χ0) is 15.3. The first-order valence-corrected chi connectivity index (χ1v) is 5.41. The quantitative estimate of drug-likeness (QED) is 0.341. The van der Waals surface area contributed by atoms with Crippen molar-refractivity contribution in [1.29, 1.82) is 0 Å². The second kappa shape index (κ2) is 6.13. The number of amidine groups is 1. The zero-order valence-corrected chi connectivity index (χ0v) is 10.5. The van der Waals surface area contributed by atoms with E-state index in [0.29, 0.717) is 11.3 Å². The number of rotatable bonds is 3. The molecule has 0 fully saturated rings. The number of carbonyl (C=O) groups is 1. The molecule has 0 radical (unpaired) electrons. The molecule has 1 aromatic rings. The summed E-state index contributed by atoms with van der Waals surface area (Å²) < 4.78 is 36.0. The maximum atomic E-state index is 12.0. The number of urea groups is 1. The lowest BCUT2D eigenvalue weighted by atomic mass is 10.2. The second-order valence-electron chi connectivity index (χ2n) is 3.87. The number of amides is 2. The lowest BCUT2D eigenvalue weighted by Gasteiger charge is -2.19. The van der Waals surface area contributed by atoms with Crippen molar-refractivity contribution in [2.45, 2.75) is 6.18 Å². The minimum atomic E-state index is -4.48. The van der Waals surface area contributed by atoms with Crippen LogP contribution in [0.5, 0.6) is 0 Å². The molecule has 0 saturated heterocycles. The first-order chi connectivity index (χ1) is 9.24. The largest absolute Gasteiger partial charge is 0.409 e. The van der Waals surface area contributed by atoms with E-state index in [-0.39, 0.29) is 5.84 Å². The minimum absolute atomic E-state index is 0.170. The van der Waals surface area contributed by atoms with Crippen molar-refractivity contribution in [3.05, 3.63) is 29.8 Å². The van der Waals surface area contributed by atoms with Crippen LogP contribution in [-0.2, 0) is 0 Å². The minimum Gasteiger partial charge on any atom is -0.409 e. The number of benzene rings is 1. The molecule has 4 N–H and O–H groups in total. The second-order valence-corrected chi connectivity index (χ2v) is 3.87. The van der Waals surface area contributed by atoms with Gasteiger partial charge < -0.3 is 16.3 Å². The summed E-state index contributed by atoms with van der Waals surface area (Å²) >= 11 is 0. The number of nitrogens with zero attached hydrogens (tertiary/aromatic N) is 2. The van der Waals surface area contributed by atoms with Crippen molar-refractivity contribution < 1.29 is 23.2 Å². The number of nitrogens with one attached hydrogen (secondary N) is 1. The SMILES string of the molecule is CN(C(=O)NCC(F)(F)F)c1cccc(/C(N)=N/O)c1. The van der Waals surface area contributed by atoms with Crippen molar-refractivity contribution in [2.24, 2.45) is 10.9 Å². The van der Waals surface area contributed by atoms with Crippen LogP contribution in [-0.4, -0.2) is 36.8 Å². The highest BCUT2D eigenvalue weighted by molar-refractivity contribution is 5.99. The third-order valence-electron chi connectivity index (χ3n) is 2.38. The summed E-state index contributed by atoms with van der Waals surface area (Å²) in [5, 5.41) is 13.1. The van der Waals surface area contributed by atoms with Crippen LogP contribution >= 0.6 is 0 Å². The highest BCUT2D eigenvalue weighted by Crippen LogP contribution is 2.16. The van der Waals surface area contributed by atoms with Gasteiger partial charge in [0.05, 0.1) is 0 Å². The maximum Gasteiger partial charge on any atom is 0.405 e. The number of hydrogen-bond acceptors (Lipinski definition) is 3. The van der Waals surface area contributed by atoms with Crippen LogP contribution < -0.4 is 16.0 Å². The van der Waals surface area contributed by atoms with Gasteiger partial charge in [0.25, 0.3) is 0 Å². The Morgan fingerprint density at radius 2 is 2.15 bits per heavy atom. The van der Waals surface area contributed by atoms with Crippen molar-refractivity contribution in [1.82, 2.24) is 5.32 Å². The third kappa shape index (κ3) is 4.34. The summed E-state index contributed by atoms with van der Waals surface area (Å²) in [7, 11) is 1.30. The molecule has 9 heteroatoms. The summed E-state index contributed by atoms with van der Waals surface area (Å²) in [4.78, 5) is 12.5. The maximum absolute atomic E-state index is 12.0. The predicted octanol–water partition coefficient (Wildman–Crippen LogP) is 1.49. The number of anilines is 1. The van der Waals surface area contributed by atoms with Gasteiger partial charge in [-0.3, -0.25) is 4.90 Å². The lowest BCUT2D eigenvalue weighted by Crippen LogP contribution is -2.42. The number of oxime groups is 1. The van der Waals surface area contributed by atoms with E-state index >= 15 is 0 Å². The molecule has 110 valence electrons. The number of nitrogens with two attached hydrogens (primary N) is 1. The molecule has 0 atom stereocenters. The predicted molar refractivity (Wildman–Crippen MR) is 66.8 cm³/mol. The van der Waals surface area contributed by atoms with Crippen LogP contribution in [0.25, 0.3) is 0 Å². The monoisotopic (exact) mass is 290 g/mol. The van der Waals surface area contributed by atoms with E-state index in [9.17, 15) is 18.0 Å². The van der Waals surface area contributed by atoms with E-state index in [0.717, 1.165) is 4.90 Å². The summed E-state index contributed by atoms with van der Waals surface area (Å²) in [5.41, 5.74) is 6.02. The molecule has 0 aromatic heterocycles. The Hall–Kier alpha value is -2.45. The Morgan fingerprint density at radius 3 is 2.70 bits per heavy atom. The Kier molecular flexibility index (Phi) is 4.78. The van der Waals surface area contributed by atoms with Gasteiger partial charge in [0.1, 0.15) is 6.54 Å². The molecule has 0 bridgehead atoms. The smallest absolute Gasteiger partial charge is 0.405 e. The lowest BCUT2D eigenvalue weighted by molar-refractivity contribution is -0.122. The van der Waals surface area contributed by atoms with Crippen molar-refractivity contribution in [3.63, 3.8) is 0 Å². The van der Waals surface area contributed by atoms with E-state index in [1.54, 1.807) is 5.32 Å². The van der Waals surface area contributed by atoms with Crippen LogP contribution in [0.3, 0.4) is 0 Å². The van der Waals surface area contributed by atoms with Gasteiger partial charge >= 0.3 is 12.2 Å². The van der Waals surface area contributed by atoms with E-state index in [4.69, 9.17) is 10.9 Å². The molecule has 0 heterocycles. The van der Waals surface area contributed by atoms with Gasteiger partial charge in [-0.25, -0.2) is 4.79 Å². The Balaban J connectivity index is 2.82. The van der Waals surface area contributed by atoms with E-state index < -0.39 is 18.8 Å². The summed E-state index contributed by atoms with van der Waals surface area (Å²) in [5.74, 6) is -0.170. The highest BCUT2D eigenvalue weighted by Gasteiger charge is 2.28. The number of alkyl halides is 3. The highest BCUT2D eigenvalue weighted by atomic mass is 19.4. The Bertz CT molecular complexity index is 517. The van der Waals surface area contributed by atoms with Gasteiger partial charge in [-0.15, -0.1) is 0 Å². The van der Waals surface area contributed by atoms with E-state index in [1.165, 1.54) is 31.3 Å². The standard InChI is InChI=1S/C11H13F3N4O2/c1-18(10(19)16-6-11(12,13)14)8-4-2-3-7(5-8)9(15)17-20/h2-5,20H,6H2,1H3,(H2,15,17)(H,16,19). The van der Waals surface area contributed by atoms with Gasteiger partial charge in [0, 0.05) is 18.3 Å². The first kappa shape index (κ1) is 15.6. The summed E-state index contributed by atoms with van der Waals surface area (Å²) in [6.07, 6.45) is -4.48. The van der Waals surface area contributed by atoms with Gasteiger partial charge in [0.15, 0.2) is 5.84 Å². The molecule has 1 aromatic carbocycles. The van der Waals surface area contributed by atoms with E-state index in [2.05, 4.69) is 5.16 Å². The van der Waals surface area contributed by atoms with Crippen LogP contribution in [0.2, 0.25) is 0 Å². The van der Waals surface area contributed by atoms with Gasteiger partial charge in [-0.1, -0.05) is 17.3 Å².